The topological polar surface area (TPSA) is 66.5 Å². The Bertz CT molecular complexity index is 335. The molecule has 0 radical (unpaired) electrons. The molecule has 0 aliphatic carbocycles. The van der Waals surface area contributed by atoms with Crippen molar-refractivity contribution >= 4 is 15.7 Å². The van der Waals surface area contributed by atoms with Gasteiger partial charge < -0.3 is 10.2 Å². The summed E-state index contributed by atoms with van der Waals surface area (Å²) in [5.41, 5.74) is 0. The first-order chi connectivity index (χ1) is 7.99. The number of likely N-dealkylation sites (tertiary alicyclic amines) is 1. The van der Waals surface area contributed by atoms with Crippen molar-refractivity contribution in [1.29, 1.82) is 0 Å². The molecule has 0 aromatic rings. The van der Waals surface area contributed by atoms with E-state index in [2.05, 4.69) is 5.32 Å². The molecule has 0 bridgehead atoms. The predicted octanol–water partition coefficient (Wildman–Crippen LogP) is 0.0232. The highest BCUT2D eigenvalue weighted by atomic mass is 32.2. The van der Waals surface area contributed by atoms with Gasteiger partial charge in [0.1, 0.15) is 9.84 Å². The van der Waals surface area contributed by atoms with Crippen molar-refractivity contribution in [1.82, 2.24) is 10.2 Å². The minimum atomic E-state index is -2.86. The zero-order valence-electron chi connectivity index (χ0n) is 10.4. The maximum Gasteiger partial charge on any atom is 0.223 e. The molecule has 0 saturated carbocycles. The summed E-state index contributed by atoms with van der Waals surface area (Å²) in [5.74, 6) is 0.415. The second-order valence-electron chi connectivity index (χ2n) is 4.57. The fraction of sp³-hybridized carbons (Fsp3) is 0.909. The molecule has 1 fully saturated rings. The molecule has 1 saturated heterocycles. The van der Waals surface area contributed by atoms with E-state index in [0.29, 0.717) is 25.9 Å². The van der Waals surface area contributed by atoms with Gasteiger partial charge in [-0.15, -0.1) is 0 Å². The van der Waals surface area contributed by atoms with E-state index in [1.165, 1.54) is 6.26 Å². The van der Waals surface area contributed by atoms with Gasteiger partial charge in [0.2, 0.25) is 5.91 Å². The Hall–Kier alpha value is -0.620. The quantitative estimate of drug-likeness (QED) is 0.657. The summed E-state index contributed by atoms with van der Waals surface area (Å²) >= 11 is 0. The van der Waals surface area contributed by atoms with Crippen molar-refractivity contribution in [3.8, 4) is 0 Å². The highest BCUT2D eigenvalue weighted by molar-refractivity contribution is 7.90. The van der Waals surface area contributed by atoms with Crippen LogP contribution in [0, 0.1) is 0 Å². The lowest BCUT2D eigenvalue weighted by Gasteiger charge is -2.15. The summed E-state index contributed by atoms with van der Waals surface area (Å²) in [4.78, 5) is 13.5. The van der Waals surface area contributed by atoms with Crippen molar-refractivity contribution in [2.45, 2.75) is 25.7 Å². The van der Waals surface area contributed by atoms with Gasteiger partial charge in [-0.05, 0) is 25.8 Å². The maximum absolute atomic E-state index is 11.6. The zero-order valence-corrected chi connectivity index (χ0v) is 11.3. The molecular formula is C11H22N2O3S. The molecule has 100 valence electrons. The average Bonchev–Trinajstić information content (AvgIpc) is 2.74. The van der Waals surface area contributed by atoms with E-state index in [-0.39, 0.29) is 11.7 Å². The van der Waals surface area contributed by atoms with Crippen LogP contribution in [-0.4, -0.2) is 57.4 Å². The number of hydrogen-bond donors (Lipinski definition) is 1. The van der Waals surface area contributed by atoms with Gasteiger partial charge in [0.25, 0.3) is 0 Å². The van der Waals surface area contributed by atoms with Crippen molar-refractivity contribution < 1.29 is 13.2 Å². The Morgan fingerprint density at radius 1 is 1.24 bits per heavy atom. The predicted molar refractivity (Wildman–Crippen MR) is 67.6 cm³/mol. The zero-order chi connectivity index (χ0) is 12.7. The number of rotatable bonds is 7. The Morgan fingerprint density at radius 2 is 1.88 bits per heavy atom. The van der Waals surface area contributed by atoms with Crippen molar-refractivity contribution in [2.75, 3.05) is 38.2 Å². The van der Waals surface area contributed by atoms with Gasteiger partial charge in [0.05, 0.1) is 5.75 Å². The van der Waals surface area contributed by atoms with Crippen molar-refractivity contribution in [3.05, 3.63) is 0 Å². The van der Waals surface area contributed by atoms with Crippen LogP contribution in [0.1, 0.15) is 25.7 Å². The molecule has 0 atom stereocenters. The Balaban J connectivity index is 1.98. The second kappa shape index (κ2) is 6.96. The summed E-state index contributed by atoms with van der Waals surface area (Å²) in [5, 5.41) is 3.10. The van der Waals surface area contributed by atoms with Gasteiger partial charge in [0, 0.05) is 32.3 Å². The number of hydrogen-bond acceptors (Lipinski definition) is 4. The number of nitrogens with zero attached hydrogens (tertiary/aromatic N) is 1. The monoisotopic (exact) mass is 262 g/mol. The van der Waals surface area contributed by atoms with Gasteiger partial charge in [0.15, 0.2) is 0 Å². The summed E-state index contributed by atoms with van der Waals surface area (Å²) < 4.78 is 21.7. The highest BCUT2D eigenvalue weighted by Gasteiger charge is 2.16. The SMILES string of the molecule is CS(=O)(=O)CCCNCCC(=O)N1CCCC1. The summed E-state index contributed by atoms with van der Waals surface area (Å²) in [6.45, 7) is 3.08. The van der Waals surface area contributed by atoms with E-state index in [4.69, 9.17) is 0 Å². The maximum atomic E-state index is 11.6. The van der Waals surface area contributed by atoms with Crippen LogP contribution < -0.4 is 5.32 Å². The molecule has 1 heterocycles. The minimum Gasteiger partial charge on any atom is -0.343 e. The molecule has 0 aromatic carbocycles. The van der Waals surface area contributed by atoms with Crippen LogP contribution in [0.3, 0.4) is 0 Å². The normalized spacial score (nSPS) is 16.4. The van der Waals surface area contributed by atoms with Crippen LogP contribution in [0.5, 0.6) is 0 Å². The number of nitrogens with one attached hydrogen (secondary N) is 1. The van der Waals surface area contributed by atoms with Gasteiger partial charge in [-0.25, -0.2) is 8.42 Å². The first-order valence-electron chi connectivity index (χ1n) is 6.15. The van der Waals surface area contributed by atoms with Gasteiger partial charge >= 0.3 is 0 Å². The van der Waals surface area contributed by atoms with Gasteiger partial charge in [-0.3, -0.25) is 4.79 Å². The number of carbonyl (C=O) groups is 1. The first kappa shape index (κ1) is 14.4. The molecule has 1 amide bonds. The van der Waals surface area contributed by atoms with E-state index in [1.807, 2.05) is 4.90 Å². The Labute approximate surface area is 103 Å². The lowest BCUT2D eigenvalue weighted by Crippen LogP contribution is -2.31. The summed E-state index contributed by atoms with van der Waals surface area (Å²) in [7, 11) is -2.86. The fourth-order valence-corrected chi connectivity index (χ4v) is 2.57. The van der Waals surface area contributed by atoms with E-state index in [9.17, 15) is 13.2 Å². The largest absolute Gasteiger partial charge is 0.343 e. The molecule has 0 unspecified atom stereocenters. The van der Waals surface area contributed by atoms with E-state index in [0.717, 1.165) is 25.9 Å². The third-order valence-electron chi connectivity index (χ3n) is 2.84. The lowest BCUT2D eigenvalue weighted by atomic mass is 10.3. The molecule has 5 nitrogen and oxygen atoms in total. The van der Waals surface area contributed by atoms with Crippen LogP contribution >= 0.6 is 0 Å². The molecule has 1 N–H and O–H groups in total. The number of carbonyl (C=O) groups excluding carboxylic acids is 1. The molecule has 0 spiro atoms. The molecule has 1 rings (SSSR count). The van der Waals surface area contributed by atoms with Crippen LogP contribution in [0.2, 0.25) is 0 Å². The summed E-state index contributed by atoms with van der Waals surface area (Å²) in [6, 6.07) is 0. The van der Waals surface area contributed by atoms with Crippen LogP contribution in [0.4, 0.5) is 0 Å². The van der Waals surface area contributed by atoms with Gasteiger partial charge in [-0.2, -0.15) is 0 Å². The Kier molecular flexibility index (Phi) is 5.91. The van der Waals surface area contributed by atoms with Crippen molar-refractivity contribution in [2.24, 2.45) is 0 Å². The Morgan fingerprint density at radius 3 is 2.47 bits per heavy atom. The van der Waals surface area contributed by atoms with Crippen LogP contribution in [0.15, 0.2) is 0 Å². The molecule has 1 aliphatic heterocycles. The van der Waals surface area contributed by atoms with E-state index in [1.54, 1.807) is 0 Å². The highest BCUT2D eigenvalue weighted by Crippen LogP contribution is 2.08. The second-order valence-corrected chi connectivity index (χ2v) is 6.83. The average molecular weight is 262 g/mol. The molecule has 17 heavy (non-hydrogen) atoms. The lowest BCUT2D eigenvalue weighted by molar-refractivity contribution is -0.130. The van der Waals surface area contributed by atoms with Crippen LogP contribution in [-0.2, 0) is 14.6 Å². The summed E-state index contributed by atoms with van der Waals surface area (Å²) in [6.07, 6.45) is 4.60. The fourth-order valence-electron chi connectivity index (χ4n) is 1.90. The number of sulfone groups is 1. The molecular weight excluding hydrogens is 240 g/mol. The van der Waals surface area contributed by atoms with Crippen LogP contribution in [0.25, 0.3) is 0 Å². The standard InChI is InChI=1S/C11H22N2O3S/c1-17(15,16)10-4-6-12-7-5-11(14)13-8-2-3-9-13/h12H,2-10H2,1H3. The third kappa shape index (κ3) is 6.63. The molecule has 0 aromatic heterocycles. The molecule has 6 heteroatoms. The minimum absolute atomic E-state index is 0.207. The first-order valence-corrected chi connectivity index (χ1v) is 8.21. The van der Waals surface area contributed by atoms with E-state index < -0.39 is 9.84 Å². The van der Waals surface area contributed by atoms with Gasteiger partial charge in [-0.1, -0.05) is 0 Å². The molecule has 1 aliphatic rings. The smallest absolute Gasteiger partial charge is 0.223 e. The van der Waals surface area contributed by atoms with Crippen molar-refractivity contribution in [3.63, 3.8) is 0 Å². The van der Waals surface area contributed by atoms with E-state index >= 15 is 0 Å². The third-order valence-corrected chi connectivity index (χ3v) is 3.87. The number of amides is 1.